The van der Waals surface area contributed by atoms with Crippen molar-refractivity contribution in [3.8, 4) is 0 Å². The van der Waals surface area contributed by atoms with Gasteiger partial charge in [-0.2, -0.15) is 0 Å². The fraction of sp³-hybridized carbons (Fsp3) is 0.846. The molecule has 3 unspecified atom stereocenters. The minimum atomic E-state index is -1.18. The molecular weight excluding hydrogens is 496 g/mol. The Labute approximate surface area is 229 Å². The van der Waals surface area contributed by atoms with Gasteiger partial charge in [0.2, 0.25) is 0 Å². The normalized spacial score (nSPS) is 15.2. The first-order valence-electron chi connectivity index (χ1n) is 12.9. The van der Waals surface area contributed by atoms with Crippen LogP contribution < -0.4 is 0 Å². The maximum atomic E-state index is 12.9. The molecule has 0 aromatic carbocycles. The number of ether oxygens (including phenoxy) is 4. The van der Waals surface area contributed by atoms with Crippen molar-refractivity contribution in [3.63, 3.8) is 0 Å². The number of carbonyl (C=O) groups excluding carboxylic acids is 4. The van der Waals surface area contributed by atoms with Crippen LogP contribution in [0.1, 0.15) is 13.3 Å². The average molecular weight is 551 g/mol. The largest absolute Gasteiger partial charge is 0.457 e. The first-order chi connectivity index (χ1) is 16.9. The van der Waals surface area contributed by atoms with Crippen LogP contribution in [0.25, 0.3) is 0 Å². The number of quaternary nitrogens is 4. The first-order valence-corrected chi connectivity index (χ1v) is 12.9. The molecule has 0 aromatic rings. The summed E-state index contributed by atoms with van der Waals surface area (Å²) in [7, 11) is 22.1. The summed E-state index contributed by atoms with van der Waals surface area (Å²) in [5.74, 6) is -2.12. The van der Waals surface area contributed by atoms with E-state index in [0.717, 1.165) is 0 Å². The molecule has 38 heavy (non-hydrogen) atoms. The molecule has 0 bridgehead atoms. The fourth-order valence-electron chi connectivity index (χ4n) is 3.34. The zero-order valence-corrected chi connectivity index (χ0v) is 26.0. The standard InChI is InChI=1S/C26H54N4O8/c1-14-20(36-23(32)16-28(5,6)7)26(38-25(34)18-30(11,12)13)21(37-24(33)17-29(8,9)10)19-35-22(31)15-27(2,3)4/h20-21,26H,14-19H2,1-13H3/q+4. The van der Waals surface area contributed by atoms with E-state index < -0.39 is 42.2 Å². The summed E-state index contributed by atoms with van der Waals surface area (Å²) in [4.78, 5) is 51.0. The van der Waals surface area contributed by atoms with Gasteiger partial charge in [0.15, 0.2) is 38.4 Å². The number of carbonyl (C=O) groups is 4. The Hall–Kier alpha value is -2.28. The second-order valence-electron chi connectivity index (χ2n) is 13.9. The van der Waals surface area contributed by atoms with Crippen molar-refractivity contribution in [1.82, 2.24) is 0 Å². The van der Waals surface area contributed by atoms with Gasteiger partial charge in [0.25, 0.3) is 0 Å². The molecule has 222 valence electrons. The molecule has 0 fully saturated rings. The maximum Gasteiger partial charge on any atom is 0.362 e. The third-order valence-electron chi connectivity index (χ3n) is 4.79. The van der Waals surface area contributed by atoms with Gasteiger partial charge in [-0.15, -0.1) is 0 Å². The van der Waals surface area contributed by atoms with Crippen molar-refractivity contribution in [3.05, 3.63) is 0 Å². The van der Waals surface area contributed by atoms with Crippen molar-refractivity contribution in [2.75, 3.05) is 117 Å². The molecule has 0 N–H and O–H groups in total. The van der Waals surface area contributed by atoms with Gasteiger partial charge in [-0.25, -0.2) is 19.2 Å². The van der Waals surface area contributed by atoms with E-state index in [2.05, 4.69) is 0 Å². The number of nitrogens with zero attached hydrogens (tertiary/aromatic N) is 4. The van der Waals surface area contributed by atoms with Crippen molar-refractivity contribution in [1.29, 1.82) is 0 Å². The molecule has 0 aliphatic carbocycles. The molecular formula is C26H54N4O8+4. The molecule has 0 aromatic heterocycles. The van der Waals surface area contributed by atoms with Crippen LogP contribution in [-0.2, 0) is 38.1 Å². The lowest BCUT2D eigenvalue weighted by atomic mass is 10.1. The van der Waals surface area contributed by atoms with E-state index in [4.69, 9.17) is 18.9 Å². The zero-order valence-electron chi connectivity index (χ0n) is 26.0. The number of rotatable bonds is 16. The van der Waals surface area contributed by atoms with Crippen LogP contribution >= 0.6 is 0 Å². The van der Waals surface area contributed by atoms with Gasteiger partial charge in [0.1, 0.15) is 12.7 Å². The molecule has 12 heteroatoms. The molecule has 12 nitrogen and oxygen atoms in total. The molecule has 0 rings (SSSR count). The third kappa shape index (κ3) is 18.1. The molecule has 0 amide bonds. The zero-order chi connectivity index (χ0) is 30.1. The molecule has 0 spiro atoms. The summed E-state index contributed by atoms with van der Waals surface area (Å²) < 4.78 is 24.1. The number of hydrogen-bond donors (Lipinski definition) is 0. The summed E-state index contributed by atoms with van der Waals surface area (Å²) in [6, 6.07) is 0. The summed E-state index contributed by atoms with van der Waals surface area (Å²) in [6.07, 6.45) is -3.00. The van der Waals surface area contributed by atoms with Crippen molar-refractivity contribution >= 4 is 23.9 Å². The summed E-state index contributed by atoms with van der Waals surface area (Å²) in [6.45, 7) is 1.65. The van der Waals surface area contributed by atoms with Gasteiger partial charge in [0.05, 0.1) is 84.6 Å². The van der Waals surface area contributed by atoms with Gasteiger partial charge < -0.3 is 36.9 Å². The highest BCUT2D eigenvalue weighted by Gasteiger charge is 2.40. The van der Waals surface area contributed by atoms with Gasteiger partial charge in [-0.05, 0) is 6.42 Å². The second-order valence-corrected chi connectivity index (χ2v) is 13.9. The Morgan fingerprint density at radius 1 is 0.500 bits per heavy atom. The maximum absolute atomic E-state index is 12.9. The molecule has 0 radical (unpaired) electrons. The number of hydrogen-bond acceptors (Lipinski definition) is 8. The van der Waals surface area contributed by atoms with Crippen LogP contribution in [0.2, 0.25) is 0 Å². The molecule has 0 aliphatic heterocycles. The van der Waals surface area contributed by atoms with Crippen LogP contribution in [0.5, 0.6) is 0 Å². The summed E-state index contributed by atoms with van der Waals surface area (Å²) in [5, 5.41) is 0. The highest BCUT2D eigenvalue weighted by atomic mass is 16.6. The monoisotopic (exact) mass is 550 g/mol. The van der Waals surface area contributed by atoms with E-state index in [-0.39, 0.29) is 39.2 Å². The minimum absolute atomic E-state index is 0.0284. The van der Waals surface area contributed by atoms with Gasteiger partial charge in [0, 0.05) is 0 Å². The molecule has 0 aliphatic rings. The van der Waals surface area contributed by atoms with Crippen LogP contribution in [-0.4, -0.2) is 177 Å². The fourth-order valence-corrected chi connectivity index (χ4v) is 3.34. The molecule has 0 heterocycles. The quantitative estimate of drug-likeness (QED) is 0.144. The van der Waals surface area contributed by atoms with E-state index in [1.807, 2.05) is 84.6 Å². The van der Waals surface area contributed by atoms with E-state index in [9.17, 15) is 19.2 Å². The van der Waals surface area contributed by atoms with E-state index >= 15 is 0 Å². The Morgan fingerprint density at radius 2 is 0.816 bits per heavy atom. The predicted molar refractivity (Wildman–Crippen MR) is 142 cm³/mol. The highest BCUT2D eigenvalue weighted by Crippen LogP contribution is 2.19. The lowest BCUT2D eigenvalue weighted by Gasteiger charge is -2.34. The van der Waals surface area contributed by atoms with Crippen LogP contribution in [0.4, 0.5) is 0 Å². The van der Waals surface area contributed by atoms with Crippen LogP contribution in [0, 0.1) is 0 Å². The Bertz CT molecular complexity index is 804. The second kappa shape index (κ2) is 14.2. The van der Waals surface area contributed by atoms with Crippen LogP contribution in [0.15, 0.2) is 0 Å². The Balaban J connectivity index is 6.23. The lowest BCUT2D eigenvalue weighted by Crippen LogP contribution is -2.52. The number of esters is 4. The highest BCUT2D eigenvalue weighted by molar-refractivity contribution is 5.73. The van der Waals surface area contributed by atoms with E-state index in [0.29, 0.717) is 17.9 Å². The minimum Gasteiger partial charge on any atom is -0.457 e. The SMILES string of the molecule is CCC(OC(=O)C[N+](C)(C)C)C(OC(=O)C[N+](C)(C)C)C(COC(=O)C[N+](C)(C)C)OC(=O)C[N+](C)(C)C. The average Bonchev–Trinajstić information content (AvgIpc) is 2.62. The Morgan fingerprint density at radius 3 is 1.16 bits per heavy atom. The van der Waals surface area contributed by atoms with Gasteiger partial charge in [-0.1, -0.05) is 6.92 Å². The smallest absolute Gasteiger partial charge is 0.362 e. The third-order valence-corrected chi connectivity index (χ3v) is 4.79. The summed E-state index contributed by atoms with van der Waals surface area (Å²) in [5.41, 5.74) is 0. The Kier molecular flexibility index (Phi) is 13.4. The van der Waals surface area contributed by atoms with Crippen LogP contribution in [0.3, 0.4) is 0 Å². The number of likely N-dealkylation sites (N-methyl/N-ethyl adjacent to an activating group) is 4. The molecule has 3 atom stereocenters. The topological polar surface area (TPSA) is 105 Å². The molecule has 0 saturated heterocycles. The van der Waals surface area contributed by atoms with Crippen molar-refractivity contribution in [2.45, 2.75) is 31.7 Å². The molecule has 0 saturated carbocycles. The van der Waals surface area contributed by atoms with Gasteiger partial charge >= 0.3 is 23.9 Å². The van der Waals surface area contributed by atoms with Gasteiger partial charge in [-0.3, -0.25) is 0 Å². The van der Waals surface area contributed by atoms with E-state index in [1.54, 1.807) is 6.92 Å². The predicted octanol–water partition coefficient (Wildman–Crippen LogP) is -0.500. The van der Waals surface area contributed by atoms with Crippen molar-refractivity contribution < 1.29 is 56.1 Å². The van der Waals surface area contributed by atoms with E-state index in [1.165, 1.54) is 0 Å². The lowest BCUT2D eigenvalue weighted by molar-refractivity contribution is -0.863. The van der Waals surface area contributed by atoms with Crippen molar-refractivity contribution in [2.24, 2.45) is 0 Å². The first kappa shape index (κ1) is 35.7. The summed E-state index contributed by atoms with van der Waals surface area (Å²) >= 11 is 0.